The molecule has 2 saturated heterocycles. The summed E-state index contributed by atoms with van der Waals surface area (Å²) in [5.41, 5.74) is 6.91. The van der Waals surface area contributed by atoms with E-state index in [-0.39, 0.29) is 116 Å². The second-order valence-corrected chi connectivity index (χ2v) is 25.2. The lowest BCUT2D eigenvalue weighted by Gasteiger charge is -2.33. The van der Waals surface area contributed by atoms with Crippen LogP contribution < -0.4 is 55.7 Å². The van der Waals surface area contributed by atoms with Crippen molar-refractivity contribution in [2.24, 2.45) is 11.7 Å². The van der Waals surface area contributed by atoms with E-state index in [4.69, 9.17) is 34.2 Å². The van der Waals surface area contributed by atoms with Crippen molar-refractivity contribution in [3.05, 3.63) is 102 Å². The van der Waals surface area contributed by atoms with Gasteiger partial charge in [-0.05, 0) is 121 Å². The van der Waals surface area contributed by atoms with Gasteiger partial charge in [0.05, 0.1) is 68.1 Å². The third-order valence-corrected chi connectivity index (χ3v) is 16.7. The minimum absolute atomic E-state index is 0.0187. The van der Waals surface area contributed by atoms with Crippen molar-refractivity contribution < 1.29 is 81.8 Å². The number of methoxy groups -OCH3 is 2. The molecule has 3 aromatic carbocycles. The number of primary amides is 1. The number of hydrogen-bond donors (Lipinski definition) is 7. The number of aliphatic hydroxyl groups excluding tert-OH is 2. The first-order valence-electron chi connectivity index (χ1n) is 31.8. The molecule has 27 heteroatoms. The lowest BCUT2D eigenvalue weighted by atomic mass is 10.0. The number of nitrogens with two attached hydrogens (primary N) is 1. The van der Waals surface area contributed by atoms with Gasteiger partial charge in [0.1, 0.15) is 18.2 Å². The predicted octanol–water partition coefficient (Wildman–Crippen LogP) is 6.39. The highest BCUT2D eigenvalue weighted by molar-refractivity contribution is 6.13. The summed E-state index contributed by atoms with van der Waals surface area (Å²) in [6.07, 6.45) is 3.19. The van der Waals surface area contributed by atoms with Crippen LogP contribution in [0.15, 0.2) is 85.0 Å². The maximum atomic E-state index is 14.4. The largest absolute Gasteiger partial charge is 0.493 e. The monoisotopic (exact) mass is 1300 g/mol. The number of imide groups is 1. The molecule has 0 bridgehead atoms. The van der Waals surface area contributed by atoms with Crippen molar-refractivity contribution in [3.63, 3.8) is 0 Å². The number of rotatable bonds is 29. The van der Waals surface area contributed by atoms with Gasteiger partial charge in [0.25, 0.3) is 23.6 Å². The number of amides is 10. The summed E-state index contributed by atoms with van der Waals surface area (Å²) >= 11 is 0. The van der Waals surface area contributed by atoms with Crippen LogP contribution in [0.25, 0.3) is 0 Å². The number of fused-ring (bicyclic) bond motifs is 4. The van der Waals surface area contributed by atoms with E-state index in [0.29, 0.717) is 68.4 Å². The zero-order chi connectivity index (χ0) is 68.1. The SMILES string of the molecule is C=C1C[C@H]2[C@H](O)N(C(=O)OCc3ccc(NC(=O)[C@H](CCCNC(N)=O)NC(=O)[C@@H](NCCCCCCN4C(=O)C=CC4=O)C(C)C)cc3)c3cc(OCCCCCOc4cc5c(cc4OC)C(=O)N4CC(=C)C[C@H]4[C@H](O)N5C(=O)OC(C)(C)C)c(OC)cc3C(=O)N2C1. The maximum absolute atomic E-state index is 14.4. The van der Waals surface area contributed by atoms with Crippen LogP contribution in [0.5, 0.6) is 23.0 Å². The molecule has 5 aliphatic heterocycles. The summed E-state index contributed by atoms with van der Waals surface area (Å²) in [7, 11) is 2.84. The number of anilines is 3. The third kappa shape index (κ3) is 17.3. The Morgan fingerprint density at radius 3 is 1.70 bits per heavy atom. The maximum Gasteiger partial charge on any atom is 0.417 e. The molecule has 3 aromatic rings. The molecule has 2 fully saturated rings. The molecule has 6 atom stereocenters. The highest BCUT2D eigenvalue weighted by Gasteiger charge is 2.48. The molecule has 0 radical (unpaired) electrons. The number of benzene rings is 3. The number of unbranched alkanes of at least 4 members (excludes halogenated alkanes) is 5. The number of nitrogens with one attached hydrogen (secondary N) is 4. The Kier molecular flexibility index (Phi) is 23.8. The van der Waals surface area contributed by atoms with Gasteiger partial charge < -0.3 is 75.4 Å². The van der Waals surface area contributed by atoms with Crippen LogP contribution in [-0.4, -0.2) is 181 Å². The summed E-state index contributed by atoms with van der Waals surface area (Å²) in [6, 6.07) is 8.33. The van der Waals surface area contributed by atoms with Gasteiger partial charge >= 0.3 is 18.2 Å². The Balaban J connectivity index is 0.879. The number of carbonyl (C=O) groups excluding carboxylic acids is 9. The Hall–Kier alpha value is -9.21. The van der Waals surface area contributed by atoms with Gasteiger partial charge in [-0.25, -0.2) is 24.2 Å². The number of nitrogens with zero attached hydrogens (tertiary/aromatic N) is 5. The van der Waals surface area contributed by atoms with E-state index < -0.39 is 84.1 Å². The van der Waals surface area contributed by atoms with Crippen LogP contribution in [0.1, 0.15) is 132 Å². The highest BCUT2D eigenvalue weighted by atomic mass is 16.6. The van der Waals surface area contributed by atoms with Crippen LogP contribution in [-0.2, 0) is 35.3 Å². The van der Waals surface area contributed by atoms with E-state index in [1.807, 2.05) is 13.8 Å². The highest BCUT2D eigenvalue weighted by Crippen LogP contribution is 2.44. The van der Waals surface area contributed by atoms with Gasteiger partial charge in [0.2, 0.25) is 11.8 Å². The van der Waals surface area contributed by atoms with Crippen molar-refractivity contribution in [2.45, 2.75) is 154 Å². The first-order valence-corrected chi connectivity index (χ1v) is 31.8. The first-order chi connectivity index (χ1) is 44.8. The second-order valence-electron chi connectivity index (χ2n) is 25.2. The average molecular weight is 1310 g/mol. The molecule has 8 rings (SSSR count). The minimum Gasteiger partial charge on any atom is -0.493 e. The number of hydrogen-bond acceptors (Lipinski definition) is 18. The number of urea groups is 1. The van der Waals surface area contributed by atoms with E-state index in [1.165, 1.54) is 65.3 Å². The molecule has 10 amide bonds. The Morgan fingerprint density at radius 1 is 0.670 bits per heavy atom. The molecule has 0 unspecified atom stereocenters. The Morgan fingerprint density at radius 2 is 1.19 bits per heavy atom. The molecular formula is C67H88N10O17. The molecule has 0 aliphatic carbocycles. The van der Waals surface area contributed by atoms with Gasteiger partial charge in [-0.2, -0.15) is 0 Å². The summed E-state index contributed by atoms with van der Waals surface area (Å²) in [5, 5.41) is 35.2. The fraction of sp³-hybridized carbons (Fsp3) is 0.507. The quantitative estimate of drug-likeness (QED) is 0.0225. The van der Waals surface area contributed by atoms with Gasteiger partial charge in [-0.15, -0.1) is 0 Å². The van der Waals surface area contributed by atoms with E-state index in [2.05, 4.69) is 34.4 Å². The molecule has 27 nitrogen and oxygen atoms in total. The van der Waals surface area contributed by atoms with Gasteiger partial charge in [-0.3, -0.25) is 33.7 Å². The van der Waals surface area contributed by atoms with Crippen molar-refractivity contribution in [2.75, 3.05) is 75.3 Å². The molecule has 94 heavy (non-hydrogen) atoms. The normalized spacial score (nSPS) is 19.0. The third-order valence-electron chi connectivity index (χ3n) is 16.7. The van der Waals surface area contributed by atoms with Gasteiger partial charge in [-0.1, -0.05) is 63.1 Å². The van der Waals surface area contributed by atoms with E-state index in [1.54, 1.807) is 45.0 Å². The summed E-state index contributed by atoms with van der Waals surface area (Å²) < 4.78 is 35.4. The first kappa shape index (κ1) is 70.7. The van der Waals surface area contributed by atoms with Crippen molar-refractivity contribution in [3.8, 4) is 23.0 Å². The zero-order valence-corrected chi connectivity index (χ0v) is 54.5. The fourth-order valence-electron chi connectivity index (χ4n) is 11.9. The van der Waals surface area contributed by atoms with Gasteiger partial charge in [0.15, 0.2) is 35.5 Å². The number of carbonyl (C=O) groups is 9. The van der Waals surface area contributed by atoms with Crippen LogP contribution >= 0.6 is 0 Å². The van der Waals surface area contributed by atoms with Crippen LogP contribution in [0.2, 0.25) is 0 Å². The van der Waals surface area contributed by atoms with E-state index in [0.717, 1.165) is 34.6 Å². The summed E-state index contributed by atoms with van der Waals surface area (Å²) in [5.74, 6) is -1.74. The topological polar surface area (TPSA) is 340 Å². The molecular weight excluding hydrogens is 1220 g/mol. The zero-order valence-electron chi connectivity index (χ0n) is 54.5. The van der Waals surface area contributed by atoms with Crippen LogP contribution in [0.3, 0.4) is 0 Å². The van der Waals surface area contributed by atoms with Crippen molar-refractivity contribution in [1.82, 2.24) is 30.7 Å². The predicted molar refractivity (Wildman–Crippen MR) is 346 cm³/mol. The number of ether oxygens (including phenoxy) is 6. The Bertz CT molecular complexity index is 3370. The summed E-state index contributed by atoms with van der Waals surface area (Å²) in [6.45, 7) is 18.4. The molecule has 5 aliphatic rings. The molecule has 0 spiro atoms. The van der Waals surface area contributed by atoms with Crippen LogP contribution in [0.4, 0.5) is 31.4 Å². The lowest BCUT2D eigenvalue weighted by molar-refractivity contribution is -0.137. The molecule has 0 saturated carbocycles. The second kappa shape index (κ2) is 31.6. The standard InChI is InChI=1S/C67H88N10O17/c1-39(2)57(69-25-13-10-11-14-27-73-55(78)23-24-56(73)79)59(81)72-46(18-17-26-70-64(68)86)58(80)71-43-21-19-42(20-22-43)38-93-65(87)76-47-34-53(51(89-8)32-44(47)60(82)74-36-40(3)30-49(74)62(76)84)91-28-15-12-16-29-92-54-35-48-45(33-52(54)90-9)61(83)75-37-41(4)31-50(75)63(85)77(48)66(88)94-67(5,6)7/h19-24,32-35,39,46,49-50,57,62-63,69,84-85H,3-4,10-18,25-31,36-38H2,1-2,5-9H3,(H,71,80)(H,72,81)(H3,68,70,86)/t46-,49-,50-,57-,62-,63-/m0/s1. The number of aliphatic hydroxyl groups is 2. The lowest BCUT2D eigenvalue weighted by Crippen LogP contribution is -2.53. The van der Waals surface area contributed by atoms with E-state index >= 15 is 0 Å². The Labute approximate surface area is 546 Å². The van der Waals surface area contributed by atoms with Crippen LogP contribution in [0, 0.1) is 5.92 Å². The smallest absolute Gasteiger partial charge is 0.417 e. The van der Waals surface area contributed by atoms with Gasteiger partial charge in [0, 0.05) is 56.2 Å². The van der Waals surface area contributed by atoms with E-state index in [9.17, 15) is 53.4 Å². The minimum atomic E-state index is -1.58. The molecule has 508 valence electrons. The molecule has 5 heterocycles. The van der Waals surface area contributed by atoms with Crippen molar-refractivity contribution in [1.29, 1.82) is 0 Å². The molecule has 0 aromatic heterocycles. The molecule has 8 N–H and O–H groups in total. The average Bonchev–Trinajstić information content (AvgIpc) is 1.60. The fourth-order valence-corrected chi connectivity index (χ4v) is 11.9. The summed E-state index contributed by atoms with van der Waals surface area (Å²) in [4.78, 5) is 126. The van der Waals surface area contributed by atoms with Crippen molar-refractivity contribution >= 4 is 70.7 Å².